The molecule has 0 aliphatic carbocycles. The van der Waals surface area contributed by atoms with Crippen molar-refractivity contribution in [2.45, 2.75) is 18.6 Å². The molecule has 1 unspecified atom stereocenters. The number of aliphatic imine (C=N–C) groups is 1. The van der Waals surface area contributed by atoms with E-state index in [1.165, 1.54) is 18.7 Å². The number of nitrogens with one attached hydrogen (secondary N) is 1. The summed E-state index contributed by atoms with van der Waals surface area (Å²) in [6.45, 7) is 5.56. The van der Waals surface area contributed by atoms with Gasteiger partial charge in [-0.1, -0.05) is 54.2 Å². The molecule has 1 heterocycles. The molecule has 1 atom stereocenters. The van der Waals surface area contributed by atoms with Crippen molar-refractivity contribution in [3.05, 3.63) is 84.9 Å². The molecule has 1 aliphatic heterocycles. The quantitative estimate of drug-likeness (QED) is 0.391. The van der Waals surface area contributed by atoms with Gasteiger partial charge in [-0.05, 0) is 42.6 Å². The van der Waals surface area contributed by atoms with E-state index in [9.17, 15) is 14.4 Å². The van der Waals surface area contributed by atoms with Crippen LogP contribution in [0.2, 0.25) is 0 Å². The van der Waals surface area contributed by atoms with Crippen molar-refractivity contribution >= 4 is 56.7 Å². The summed E-state index contributed by atoms with van der Waals surface area (Å²) in [5.74, 6) is -0.483. The second-order valence-electron chi connectivity index (χ2n) is 7.62. The molecule has 6 nitrogen and oxygen atoms in total. The van der Waals surface area contributed by atoms with Crippen LogP contribution in [-0.4, -0.2) is 39.5 Å². The number of thioether (sulfide) groups is 1. The third-order valence-electron chi connectivity index (χ3n) is 5.26. The molecule has 3 aromatic rings. The molecule has 3 aromatic carbocycles. The van der Waals surface area contributed by atoms with E-state index in [2.05, 4.69) is 11.9 Å². The van der Waals surface area contributed by atoms with E-state index in [1.807, 2.05) is 42.5 Å². The Bertz CT molecular complexity index is 1260. The fraction of sp³-hybridized carbons (Fsp3) is 0.154. The second kappa shape index (κ2) is 9.83. The minimum absolute atomic E-state index is 0.0140. The van der Waals surface area contributed by atoms with Gasteiger partial charge in [0.2, 0.25) is 11.8 Å². The molecule has 0 aromatic heterocycles. The van der Waals surface area contributed by atoms with Gasteiger partial charge in [0.15, 0.2) is 11.0 Å². The predicted octanol–water partition coefficient (Wildman–Crippen LogP) is 5.19. The number of anilines is 1. The number of Topliss-reactive ketones (excluding diaryl/α,β-unsaturated/α-hetero) is 1. The van der Waals surface area contributed by atoms with E-state index in [1.54, 1.807) is 35.2 Å². The van der Waals surface area contributed by atoms with Crippen LogP contribution in [0.4, 0.5) is 11.4 Å². The highest BCUT2D eigenvalue weighted by Crippen LogP contribution is 2.34. The standard InChI is InChI=1S/C26H23N3O3S/c1-3-15-29-25(32)23(16-24(31)27-20-13-11-18(12-14-20)17(2)30)33-26(29)28-22-10-6-8-19-7-4-5-9-21(19)22/h3-14,23H,1,15-16H2,2H3,(H,27,31). The van der Waals surface area contributed by atoms with Crippen LogP contribution in [0.5, 0.6) is 0 Å². The Kier molecular flexibility index (Phi) is 6.70. The number of carbonyl (C=O) groups excluding carboxylic acids is 3. The molecule has 33 heavy (non-hydrogen) atoms. The number of amidine groups is 1. The Morgan fingerprint density at radius 2 is 1.82 bits per heavy atom. The van der Waals surface area contributed by atoms with Crippen LogP contribution in [0.3, 0.4) is 0 Å². The largest absolute Gasteiger partial charge is 0.326 e. The van der Waals surface area contributed by atoms with Gasteiger partial charge in [-0.15, -0.1) is 6.58 Å². The summed E-state index contributed by atoms with van der Waals surface area (Å²) >= 11 is 1.29. The Labute approximate surface area is 196 Å². The molecule has 1 saturated heterocycles. The average molecular weight is 458 g/mol. The molecule has 0 spiro atoms. The molecule has 1 N–H and O–H groups in total. The summed E-state index contributed by atoms with van der Waals surface area (Å²) in [6, 6.07) is 20.5. The molecule has 166 valence electrons. The molecule has 2 amide bonds. The normalized spacial score (nSPS) is 16.9. The lowest BCUT2D eigenvalue weighted by molar-refractivity contribution is -0.127. The lowest BCUT2D eigenvalue weighted by Gasteiger charge is -2.14. The van der Waals surface area contributed by atoms with Gasteiger partial charge in [-0.2, -0.15) is 0 Å². The Balaban J connectivity index is 1.52. The number of benzene rings is 3. The van der Waals surface area contributed by atoms with E-state index >= 15 is 0 Å². The van der Waals surface area contributed by atoms with Gasteiger partial charge in [0.1, 0.15) is 5.25 Å². The molecule has 7 heteroatoms. The number of nitrogens with zero attached hydrogens (tertiary/aromatic N) is 2. The molecule has 1 fully saturated rings. The number of hydrogen-bond donors (Lipinski definition) is 1. The van der Waals surface area contributed by atoms with Crippen LogP contribution in [-0.2, 0) is 9.59 Å². The Hall–Kier alpha value is -3.71. The predicted molar refractivity (Wildman–Crippen MR) is 134 cm³/mol. The van der Waals surface area contributed by atoms with Gasteiger partial charge < -0.3 is 5.32 Å². The van der Waals surface area contributed by atoms with E-state index in [0.29, 0.717) is 23.0 Å². The van der Waals surface area contributed by atoms with Crippen molar-refractivity contribution < 1.29 is 14.4 Å². The summed E-state index contributed by atoms with van der Waals surface area (Å²) in [5, 5.41) is 4.84. The SMILES string of the molecule is C=CCN1C(=O)C(CC(=O)Nc2ccc(C(C)=O)cc2)SC1=Nc1cccc2ccccc12. The first kappa shape index (κ1) is 22.5. The number of rotatable bonds is 7. The highest BCUT2D eigenvalue weighted by molar-refractivity contribution is 8.15. The zero-order valence-electron chi connectivity index (χ0n) is 18.2. The van der Waals surface area contributed by atoms with Gasteiger partial charge in [-0.3, -0.25) is 19.3 Å². The van der Waals surface area contributed by atoms with E-state index in [0.717, 1.165) is 16.5 Å². The number of carbonyl (C=O) groups is 3. The molecule has 0 bridgehead atoms. The lowest BCUT2D eigenvalue weighted by atomic mass is 10.1. The lowest BCUT2D eigenvalue weighted by Crippen LogP contribution is -2.33. The Morgan fingerprint density at radius 3 is 2.55 bits per heavy atom. The van der Waals surface area contributed by atoms with Crippen molar-refractivity contribution in [3.8, 4) is 0 Å². The first-order valence-corrected chi connectivity index (χ1v) is 11.4. The number of fused-ring (bicyclic) bond motifs is 1. The maximum absolute atomic E-state index is 13.0. The highest BCUT2D eigenvalue weighted by atomic mass is 32.2. The van der Waals surface area contributed by atoms with Gasteiger partial charge >= 0.3 is 0 Å². The van der Waals surface area contributed by atoms with Crippen molar-refractivity contribution in [1.82, 2.24) is 4.90 Å². The number of hydrogen-bond acceptors (Lipinski definition) is 5. The monoisotopic (exact) mass is 457 g/mol. The average Bonchev–Trinajstić information content (AvgIpc) is 3.08. The van der Waals surface area contributed by atoms with E-state index < -0.39 is 5.25 Å². The van der Waals surface area contributed by atoms with Gasteiger partial charge in [0.05, 0.1) is 5.69 Å². The van der Waals surface area contributed by atoms with Crippen molar-refractivity contribution in [1.29, 1.82) is 0 Å². The Morgan fingerprint density at radius 1 is 1.09 bits per heavy atom. The molecule has 4 rings (SSSR count). The molecular formula is C26H23N3O3S. The fourth-order valence-corrected chi connectivity index (χ4v) is 4.76. The van der Waals surface area contributed by atoms with Crippen molar-refractivity contribution in [2.24, 2.45) is 4.99 Å². The zero-order chi connectivity index (χ0) is 23.4. The third-order valence-corrected chi connectivity index (χ3v) is 6.44. The summed E-state index contributed by atoms with van der Waals surface area (Å²) in [4.78, 5) is 43.4. The van der Waals surface area contributed by atoms with Gasteiger partial charge in [-0.25, -0.2) is 4.99 Å². The second-order valence-corrected chi connectivity index (χ2v) is 8.79. The molecule has 0 radical (unpaired) electrons. The van der Waals surface area contributed by atoms with Gasteiger partial charge in [0, 0.05) is 29.6 Å². The maximum Gasteiger partial charge on any atom is 0.242 e. The van der Waals surface area contributed by atoms with Crippen LogP contribution in [0.15, 0.2) is 84.4 Å². The van der Waals surface area contributed by atoms with Crippen molar-refractivity contribution in [2.75, 3.05) is 11.9 Å². The number of amides is 2. The van der Waals surface area contributed by atoms with Crippen LogP contribution in [0.25, 0.3) is 10.8 Å². The van der Waals surface area contributed by atoms with Crippen LogP contribution in [0, 0.1) is 0 Å². The first-order valence-electron chi connectivity index (χ1n) is 10.5. The minimum Gasteiger partial charge on any atom is -0.326 e. The van der Waals surface area contributed by atoms with Crippen molar-refractivity contribution in [3.63, 3.8) is 0 Å². The maximum atomic E-state index is 13.0. The van der Waals surface area contributed by atoms with Gasteiger partial charge in [0.25, 0.3) is 0 Å². The summed E-state index contributed by atoms with van der Waals surface area (Å²) in [6.07, 6.45) is 1.66. The highest BCUT2D eigenvalue weighted by Gasteiger charge is 2.38. The zero-order valence-corrected chi connectivity index (χ0v) is 19.0. The summed E-state index contributed by atoms with van der Waals surface area (Å²) in [7, 11) is 0. The first-order chi connectivity index (χ1) is 16.0. The minimum atomic E-state index is -0.574. The third kappa shape index (κ3) is 5.04. The van der Waals surface area contributed by atoms with Crippen LogP contribution < -0.4 is 5.32 Å². The summed E-state index contributed by atoms with van der Waals surface area (Å²) < 4.78 is 0. The smallest absolute Gasteiger partial charge is 0.242 e. The molecular weight excluding hydrogens is 434 g/mol. The van der Waals surface area contributed by atoms with Crippen LogP contribution >= 0.6 is 11.8 Å². The van der Waals surface area contributed by atoms with Crippen LogP contribution in [0.1, 0.15) is 23.7 Å². The summed E-state index contributed by atoms with van der Waals surface area (Å²) in [5.41, 5.74) is 1.92. The number of ketones is 1. The fourth-order valence-electron chi connectivity index (χ4n) is 3.60. The topological polar surface area (TPSA) is 78.8 Å². The molecule has 1 aliphatic rings. The van der Waals surface area contributed by atoms with E-state index in [-0.39, 0.29) is 24.0 Å². The van der Waals surface area contributed by atoms with E-state index in [4.69, 9.17) is 4.99 Å². The molecule has 0 saturated carbocycles.